The molecule has 1 saturated carbocycles. The third-order valence-corrected chi connectivity index (χ3v) is 6.79. The molecule has 4 amide bonds. The Morgan fingerprint density at radius 2 is 1.90 bits per heavy atom. The lowest BCUT2D eigenvalue weighted by Gasteiger charge is -2.45. The van der Waals surface area contributed by atoms with E-state index in [9.17, 15) is 19.2 Å². The van der Waals surface area contributed by atoms with E-state index in [1.807, 2.05) is 6.07 Å². The maximum Gasteiger partial charge on any atom is 0.262 e. The number of piperidine rings is 1. The van der Waals surface area contributed by atoms with Gasteiger partial charge in [0.15, 0.2) is 0 Å². The quantitative estimate of drug-likeness (QED) is 0.633. The van der Waals surface area contributed by atoms with Crippen LogP contribution < -0.4 is 16.0 Å². The highest BCUT2D eigenvalue weighted by atomic mass is 16.2. The molecule has 0 bridgehead atoms. The normalized spacial score (nSPS) is 31.2. The fraction of sp³-hybridized carbons (Fsp3) is 0.524. The molecule has 3 N–H and O–H groups in total. The van der Waals surface area contributed by atoms with E-state index in [0.29, 0.717) is 29.1 Å². The van der Waals surface area contributed by atoms with Crippen molar-refractivity contribution in [1.82, 2.24) is 20.9 Å². The molecule has 2 saturated heterocycles. The zero-order valence-corrected chi connectivity index (χ0v) is 16.1. The fourth-order valence-electron chi connectivity index (χ4n) is 5.16. The lowest BCUT2D eigenvalue weighted by molar-refractivity contribution is -0.136. The maximum atomic E-state index is 12.9. The van der Waals surface area contributed by atoms with E-state index in [1.165, 1.54) is 19.3 Å². The molecule has 29 heavy (non-hydrogen) atoms. The summed E-state index contributed by atoms with van der Waals surface area (Å²) in [5, 5.41) is 9.20. The van der Waals surface area contributed by atoms with Crippen molar-refractivity contribution in [2.75, 3.05) is 13.1 Å². The maximum absolute atomic E-state index is 12.9. The van der Waals surface area contributed by atoms with Gasteiger partial charge in [0.05, 0.1) is 11.1 Å². The van der Waals surface area contributed by atoms with E-state index in [4.69, 9.17) is 0 Å². The second kappa shape index (κ2) is 6.74. The second-order valence-electron chi connectivity index (χ2n) is 8.74. The van der Waals surface area contributed by atoms with Gasteiger partial charge >= 0.3 is 0 Å². The molecule has 8 heteroatoms. The van der Waals surface area contributed by atoms with Crippen molar-refractivity contribution >= 4 is 23.6 Å². The van der Waals surface area contributed by atoms with Gasteiger partial charge in [-0.1, -0.05) is 6.07 Å². The van der Waals surface area contributed by atoms with Gasteiger partial charge < -0.3 is 10.6 Å². The van der Waals surface area contributed by atoms with Gasteiger partial charge in [0.25, 0.3) is 11.8 Å². The van der Waals surface area contributed by atoms with Gasteiger partial charge in [-0.25, -0.2) is 0 Å². The number of nitrogens with zero attached hydrogens (tertiary/aromatic N) is 1. The van der Waals surface area contributed by atoms with Crippen molar-refractivity contribution in [3.05, 3.63) is 34.9 Å². The molecule has 5 rings (SSSR count). The number of imide groups is 2. The number of hydrogen-bond donors (Lipinski definition) is 3. The number of rotatable bonds is 4. The molecule has 152 valence electrons. The van der Waals surface area contributed by atoms with Crippen molar-refractivity contribution in [3.63, 3.8) is 0 Å². The Morgan fingerprint density at radius 1 is 1.10 bits per heavy atom. The molecular weight excluding hydrogens is 372 g/mol. The molecule has 4 aliphatic rings. The summed E-state index contributed by atoms with van der Waals surface area (Å²) in [7, 11) is 0. The Labute approximate surface area is 168 Å². The Bertz CT molecular complexity index is 913. The Balaban J connectivity index is 1.26. The zero-order valence-electron chi connectivity index (χ0n) is 16.1. The number of carbonyl (C=O) groups is 4. The monoisotopic (exact) mass is 396 g/mol. The van der Waals surface area contributed by atoms with Crippen LogP contribution in [0.4, 0.5) is 0 Å². The minimum absolute atomic E-state index is 0.122. The van der Waals surface area contributed by atoms with E-state index < -0.39 is 23.8 Å². The standard InChI is InChI=1S/C21H24N4O4/c26-17-4-3-16(18(27)24-17)25-19(28)14-2-1-12(7-15(14)20(25)29)10-23-13-8-21(9-13)5-6-22-11-21/h1-2,7,13,16,22-23H,3-6,8-11H2,(H,24,26,27). The number of benzene rings is 1. The molecule has 0 radical (unpaired) electrons. The summed E-state index contributed by atoms with van der Waals surface area (Å²) < 4.78 is 0. The lowest BCUT2D eigenvalue weighted by atomic mass is 9.65. The van der Waals surface area contributed by atoms with Crippen LogP contribution in [0.1, 0.15) is 58.4 Å². The molecule has 1 atom stereocenters. The van der Waals surface area contributed by atoms with Gasteiger partial charge in [-0.15, -0.1) is 0 Å². The molecule has 1 unspecified atom stereocenters. The van der Waals surface area contributed by atoms with Crippen LogP contribution in [0.3, 0.4) is 0 Å². The Morgan fingerprint density at radius 3 is 2.62 bits per heavy atom. The van der Waals surface area contributed by atoms with E-state index in [1.54, 1.807) is 12.1 Å². The molecule has 3 aliphatic heterocycles. The molecule has 0 aromatic heterocycles. The molecule has 8 nitrogen and oxygen atoms in total. The third-order valence-electron chi connectivity index (χ3n) is 6.79. The van der Waals surface area contributed by atoms with Gasteiger partial charge in [-0.3, -0.25) is 29.4 Å². The van der Waals surface area contributed by atoms with Crippen LogP contribution in [-0.2, 0) is 16.1 Å². The molecular formula is C21H24N4O4. The third kappa shape index (κ3) is 3.07. The fourth-order valence-corrected chi connectivity index (χ4v) is 5.16. The van der Waals surface area contributed by atoms with Gasteiger partial charge in [0.1, 0.15) is 6.04 Å². The average Bonchev–Trinajstić information content (AvgIpc) is 3.25. The highest BCUT2D eigenvalue weighted by molar-refractivity contribution is 6.23. The van der Waals surface area contributed by atoms with Crippen LogP contribution in [0, 0.1) is 5.41 Å². The first-order valence-electron chi connectivity index (χ1n) is 10.2. The first kappa shape index (κ1) is 18.4. The van der Waals surface area contributed by atoms with Gasteiger partial charge in [0, 0.05) is 25.6 Å². The second-order valence-corrected chi connectivity index (χ2v) is 8.74. The summed E-state index contributed by atoms with van der Waals surface area (Å²) in [4.78, 5) is 50.1. The van der Waals surface area contributed by atoms with Crippen LogP contribution in [0.25, 0.3) is 0 Å². The number of fused-ring (bicyclic) bond motifs is 1. The van der Waals surface area contributed by atoms with Crippen molar-refractivity contribution in [2.24, 2.45) is 5.41 Å². The zero-order chi connectivity index (χ0) is 20.2. The summed E-state index contributed by atoms with van der Waals surface area (Å²) in [6.45, 7) is 2.86. The van der Waals surface area contributed by atoms with E-state index in [2.05, 4.69) is 16.0 Å². The highest BCUT2D eigenvalue weighted by Gasteiger charge is 2.46. The van der Waals surface area contributed by atoms with Gasteiger partial charge in [-0.05, 0) is 55.3 Å². The molecule has 1 aromatic carbocycles. The molecule has 3 heterocycles. The SMILES string of the molecule is O=C1CCC(N2C(=O)c3ccc(CNC4CC5(CCNC5)C4)cc3C2=O)C(=O)N1. The minimum atomic E-state index is -0.923. The van der Waals surface area contributed by atoms with Crippen molar-refractivity contribution < 1.29 is 19.2 Å². The predicted molar refractivity (Wildman–Crippen MR) is 103 cm³/mol. The number of amides is 4. The number of hydrogen-bond acceptors (Lipinski definition) is 6. The Hall–Kier alpha value is -2.58. The van der Waals surface area contributed by atoms with Gasteiger partial charge in [0.2, 0.25) is 11.8 Å². The van der Waals surface area contributed by atoms with Crippen molar-refractivity contribution in [2.45, 2.75) is 50.7 Å². The van der Waals surface area contributed by atoms with Crippen LogP contribution in [-0.4, -0.2) is 53.7 Å². The first-order chi connectivity index (χ1) is 14.0. The van der Waals surface area contributed by atoms with E-state index >= 15 is 0 Å². The van der Waals surface area contributed by atoms with Crippen LogP contribution in [0.15, 0.2) is 18.2 Å². The van der Waals surface area contributed by atoms with E-state index in [-0.39, 0.29) is 18.7 Å². The smallest absolute Gasteiger partial charge is 0.262 e. The Kier molecular flexibility index (Phi) is 4.29. The summed E-state index contributed by atoms with van der Waals surface area (Å²) in [6, 6.07) is 4.84. The van der Waals surface area contributed by atoms with Gasteiger partial charge in [-0.2, -0.15) is 0 Å². The van der Waals surface area contributed by atoms with Crippen LogP contribution >= 0.6 is 0 Å². The topological polar surface area (TPSA) is 108 Å². The average molecular weight is 396 g/mol. The molecule has 1 aliphatic carbocycles. The number of nitrogens with one attached hydrogen (secondary N) is 3. The summed E-state index contributed by atoms with van der Waals surface area (Å²) in [5.74, 6) is -1.88. The van der Waals surface area contributed by atoms with E-state index in [0.717, 1.165) is 23.6 Å². The van der Waals surface area contributed by atoms with Crippen molar-refractivity contribution in [3.8, 4) is 0 Å². The van der Waals surface area contributed by atoms with Crippen molar-refractivity contribution in [1.29, 1.82) is 0 Å². The number of carbonyl (C=O) groups excluding carboxylic acids is 4. The first-order valence-corrected chi connectivity index (χ1v) is 10.2. The highest BCUT2D eigenvalue weighted by Crippen LogP contribution is 2.45. The largest absolute Gasteiger partial charge is 0.316 e. The van der Waals surface area contributed by atoms with Crippen LogP contribution in [0.5, 0.6) is 0 Å². The summed E-state index contributed by atoms with van der Waals surface area (Å²) >= 11 is 0. The predicted octanol–water partition coefficient (Wildman–Crippen LogP) is 0.320. The minimum Gasteiger partial charge on any atom is -0.316 e. The molecule has 1 spiro atoms. The summed E-state index contributed by atoms with van der Waals surface area (Å²) in [5.41, 5.74) is 2.08. The van der Waals surface area contributed by atoms with Crippen LogP contribution in [0.2, 0.25) is 0 Å². The lowest BCUT2D eigenvalue weighted by Crippen LogP contribution is -2.54. The molecule has 1 aromatic rings. The molecule has 3 fully saturated rings. The summed E-state index contributed by atoms with van der Waals surface area (Å²) in [6.07, 6.45) is 3.88.